The van der Waals surface area contributed by atoms with Crippen LogP contribution in [0.4, 0.5) is 5.69 Å². The van der Waals surface area contributed by atoms with Crippen molar-refractivity contribution in [1.82, 2.24) is 5.32 Å². The number of esters is 1. The smallest absolute Gasteiger partial charge is 0.325 e. The summed E-state index contributed by atoms with van der Waals surface area (Å²) < 4.78 is 15.2. The van der Waals surface area contributed by atoms with Gasteiger partial charge in [0.1, 0.15) is 24.7 Å². The van der Waals surface area contributed by atoms with E-state index in [9.17, 15) is 19.7 Å². The molecule has 1 N–H and O–H groups in total. The highest BCUT2D eigenvalue weighted by Gasteiger charge is 2.13. The van der Waals surface area contributed by atoms with Crippen LogP contribution in [0, 0.1) is 10.1 Å². The molecule has 0 fully saturated rings. The summed E-state index contributed by atoms with van der Waals surface area (Å²) in [5.74, 6) is -0.301. The van der Waals surface area contributed by atoms with Gasteiger partial charge in [0.2, 0.25) is 0 Å². The highest BCUT2D eigenvalue weighted by atomic mass is 16.6. The van der Waals surface area contributed by atoms with Gasteiger partial charge in [0.15, 0.2) is 0 Å². The van der Waals surface area contributed by atoms with Crippen molar-refractivity contribution in [3.63, 3.8) is 0 Å². The van der Waals surface area contributed by atoms with E-state index in [2.05, 4.69) is 5.32 Å². The van der Waals surface area contributed by atoms with Gasteiger partial charge >= 0.3 is 5.97 Å². The highest BCUT2D eigenvalue weighted by molar-refractivity contribution is 5.96. The predicted octanol–water partition coefficient (Wildman–Crippen LogP) is 2.09. The molecule has 0 bridgehead atoms. The van der Waals surface area contributed by atoms with E-state index in [1.165, 1.54) is 44.6 Å². The first kappa shape index (κ1) is 19.7. The van der Waals surface area contributed by atoms with Gasteiger partial charge in [0.25, 0.3) is 11.6 Å². The average molecular weight is 374 g/mol. The van der Waals surface area contributed by atoms with Crippen molar-refractivity contribution in [2.75, 3.05) is 20.8 Å². The van der Waals surface area contributed by atoms with E-state index in [0.29, 0.717) is 17.1 Å². The summed E-state index contributed by atoms with van der Waals surface area (Å²) in [7, 11) is 2.92. The fraction of sp³-hybridized carbons (Fsp3) is 0.222. The molecule has 9 nitrogen and oxygen atoms in total. The molecule has 142 valence electrons. The van der Waals surface area contributed by atoms with Crippen molar-refractivity contribution in [2.45, 2.75) is 6.61 Å². The number of non-ortho nitro benzene ring substituents is 1. The van der Waals surface area contributed by atoms with Crippen molar-refractivity contribution >= 4 is 17.6 Å². The third-order valence-corrected chi connectivity index (χ3v) is 3.53. The SMILES string of the molecule is COc1cc(OC)cc(C(=O)NCC(=O)OCc2cccc([N+](=O)[O-])c2)c1. The largest absolute Gasteiger partial charge is 0.497 e. The van der Waals surface area contributed by atoms with E-state index in [1.54, 1.807) is 12.1 Å². The normalized spacial score (nSPS) is 10.0. The lowest BCUT2D eigenvalue weighted by Gasteiger charge is -2.09. The van der Waals surface area contributed by atoms with Crippen LogP contribution < -0.4 is 14.8 Å². The minimum absolute atomic E-state index is 0.0937. The molecule has 0 atom stereocenters. The predicted molar refractivity (Wildman–Crippen MR) is 94.8 cm³/mol. The summed E-state index contributed by atoms with van der Waals surface area (Å²) in [5, 5.41) is 13.2. The quantitative estimate of drug-likeness (QED) is 0.427. The molecule has 0 unspecified atom stereocenters. The lowest BCUT2D eigenvalue weighted by atomic mass is 10.2. The van der Waals surface area contributed by atoms with Crippen LogP contribution in [-0.2, 0) is 16.1 Å². The van der Waals surface area contributed by atoms with E-state index in [4.69, 9.17) is 14.2 Å². The molecule has 0 radical (unpaired) electrons. The number of ether oxygens (including phenoxy) is 3. The second kappa shape index (κ2) is 9.18. The number of carbonyl (C=O) groups is 2. The average Bonchev–Trinajstić information content (AvgIpc) is 2.70. The number of carbonyl (C=O) groups excluding carboxylic acids is 2. The molecule has 9 heteroatoms. The van der Waals surface area contributed by atoms with Crippen LogP contribution in [0.3, 0.4) is 0 Å². The minimum atomic E-state index is -0.676. The van der Waals surface area contributed by atoms with Crippen molar-refractivity contribution in [2.24, 2.45) is 0 Å². The van der Waals surface area contributed by atoms with Crippen LogP contribution >= 0.6 is 0 Å². The molecule has 0 heterocycles. The standard InChI is InChI=1S/C18H18N2O7/c1-25-15-7-13(8-16(9-15)26-2)18(22)19-10-17(21)27-11-12-4-3-5-14(6-12)20(23)24/h3-9H,10-11H2,1-2H3,(H,19,22). The van der Waals surface area contributed by atoms with Crippen molar-refractivity contribution in [3.8, 4) is 11.5 Å². The first-order chi connectivity index (χ1) is 12.9. The van der Waals surface area contributed by atoms with Crippen LogP contribution in [0.1, 0.15) is 15.9 Å². The summed E-state index contributed by atoms with van der Waals surface area (Å²) in [6, 6.07) is 10.4. The molecule has 0 aliphatic heterocycles. The number of amides is 1. The molecule has 2 aromatic carbocycles. The minimum Gasteiger partial charge on any atom is -0.497 e. The van der Waals surface area contributed by atoms with Gasteiger partial charge < -0.3 is 19.5 Å². The van der Waals surface area contributed by atoms with Crippen LogP contribution in [0.5, 0.6) is 11.5 Å². The van der Waals surface area contributed by atoms with Crippen LogP contribution in [0.15, 0.2) is 42.5 Å². The van der Waals surface area contributed by atoms with Gasteiger partial charge in [0, 0.05) is 23.8 Å². The maximum Gasteiger partial charge on any atom is 0.325 e. The Morgan fingerprint density at radius 1 is 1.07 bits per heavy atom. The number of rotatable bonds is 8. The van der Waals surface area contributed by atoms with Crippen molar-refractivity contribution < 1.29 is 28.7 Å². The first-order valence-electron chi connectivity index (χ1n) is 7.83. The molecule has 0 aliphatic carbocycles. The van der Waals surface area contributed by atoms with E-state index < -0.39 is 16.8 Å². The van der Waals surface area contributed by atoms with Gasteiger partial charge in [-0.2, -0.15) is 0 Å². The zero-order valence-electron chi connectivity index (χ0n) is 14.8. The Morgan fingerprint density at radius 3 is 2.33 bits per heavy atom. The van der Waals surface area contributed by atoms with Crippen molar-refractivity contribution in [1.29, 1.82) is 0 Å². The Labute approximate surface area is 155 Å². The number of nitrogens with one attached hydrogen (secondary N) is 1. The highest BCUT2D eigenvalue weighted by Crippen LogP contribution is 2.22. The van der Waals surface area contributed by atoms with E-state index in [-0.39, 0.29) is 24.4 Å². The second-order valence-corrected chi connectivity index (χ2v) is 5.37. The van der Waals surface area contributed by atoms with E-state index in [0.717, 1.165) is 0 Å². The Hall–Kier alpha value is -3.62. The molecule has 0 spiro atoms. The lowest BCUT2D eigenvalue weighted by Crippen LogP contribution is -2.30. The number of nitro groups is 1. The monoisotopic (exact) mass is 374 g/mol. The van der Waals surface area contributed by atoms with Gasteiger partial charge in [-0.25, -0.2) is 0 Å². The van der Waals surface area contributed by atoms with Gasteiger partial charge in [-0.05, 0) is 17.7 Å². The molecule has 0 aromatic heterocycles. The molecule has 2 aromatic rings. The maximum absolute atomic E-state index is 12.2. The fourth-order valence-corrected chi connectivity index (χ4v) is 2.17. The van der Waals surface area contributed by atoms with E-state index in [1.807, 2.05) is 0 Å². The number of nitro benzene ring substituents is 1. The number of hydrogen-bond acceptors (Lipinski definition) is 7. The van der Waals surface area contributed by atoms with Gasteiger partial charge in [-0.3, -0.25) is 19.7 Å². The first-order valence-corrected chi connectivity index (χ1v) is 7.83. The van der Waals surface area contributed by atoms with Gasteiger partial charge in [-0.1, -0.05) is 12.1 Å². The molecule has 0 saturated carbocycles. The second-order valence-electron chi connectivity index (χ2n) is 5.37. The number of hydrogen-bond donors (Lipinski definition) is 1. The van der Waals surface area contributed by atoms with Crippen molar-refractivity contribution in [3.05, 3.63) is 63.7 Å². The maximum atomic E-state index is 12.2. The number of methoxy groups -OCH3 is 2. The summed E-state index contributed by atoms with van der Waals surface area (Å²) in [4.78, 5) is 34.2. The summed E-state index contributed by atoms with van der Waals surface area (Å²) in [5.41, 5.74) is 0.642. The Morgan fingerprint density at radius 2 is 1.74 bits per heavy atom. The summed E-state index contributed by atoms with van der Waals surface area (Å²) in [6.45, 7) is -0.489. The van der Waals surface area contributed by atoms with Crippen LogP contribution in [0.2, 0.25) is 0 Å². The third-order valence-electron chi connectivity index (χ3n) is 3.53. The van der Waals surface area contributed by atoms with Gasteiger partial charge in [-0.15, -0.1) is 0 Å². The van der Waals surface area contributed by atoms with Crippen LogP contribution in [0.25, 0.3) is 0 Å². The van der Waals surface area contributed by atoms with Gasteiger partial charge in [0.05, 0.1) is 19.1 Å². The summed E-state index contributed by atoms with van der Waals surface area (Å²) in [6.07, 6.45) is 0. The molecule has 0 aliphatic rings. The molecule has 0 saturated heterocycles. The Kier molecular flexibility index (Phi) is 6.70. The molecule has 1 amide bonds. The lowest BCUT2D eigenvalue weighted by molar-refractivity contribution is -0.384. The molecular formula is C18H18N2O7. The molecule has 2 rings (SSSR count). The molecule has 27 heavy (non-hydrogen) atoms. The third kappa shape index (κ3) is 5.70. The number of benzene rings is 2. The summed E-state index contributed by atoms with van der Waals surface area (Å²) >= 11 is 0. The fourth-order valence-electron chi connectivity index (χ4n) is 2.17. The topological polar surface area (TPSA) is 117 Å². The molecular weight excluding hydrogens is 356 g/mol. The number of nitrogens with zero attached hydrogens (tertiary/aromatic N) is 1. The zero-order valence-corrected chi connectivity index (χ0v) is 14.8. The Balaban J connectivity index is 1.89. The zero-order chi connectivity index (χ0) is 19.8. The van der Waals surface area contributed by atoms with E-state index >= 15 is 0 Å². The Bertz CT molecular complexity index is 829. The van der Waals surface area contributed by atoms with Crippen LogP contribution in [-0.4, -0.2) is 37.6 Å².